The molecule has 1 aromatic carbocycles. The molecule has 0 aromatic heterocycles. The van der Waals surface area contributed by atoms with Gasteiger partial charge in [0.25, 0.3) is 0 Å². The minimum absolute atomic E-state index is 0.168. The fourth-order valence-corrected chi connectivity index (χ4v) is 1.74. The number of carbonyl (C=O) groups is 1. The molecule has 0 bridgehead atoms. The molecule has 0 saturated carbocycles. The lowest BCUT2D eigenvalue weighted by Gasteiger charge is -2.05. The highest BCUT2D eigenvalue weighted by atomic mass is 16.6. The highest BCUT2D eigenvalue weighted by Crippen LogP contribution is 2.41. The Kier molecular flexibility index (Phi) is 2.83. The molecule has 0 amide bonds. The van der Waals surface area contributed by atoms with Crippen LogP contribution >= 0.6 is 0 Å². The number of carbonyl (C=O) groups excluding carboxylic acids is 1. The first-order valence-corrected chi connectivity index (χ1v) is 5.05. The van der Waals surface area contributed by atoms with Gasteiger partial charge in [-0.3, -0.25) is 0 Å². The van der Waals surface area contributed by atoms with Crippen LogP contribution in [0.2, 0.25) is 0 Å². The third-order valence-corrected chi connectivity index (χ3v) is 2.71. The molecule has 1 fully saturated rings. The largest absolute Gasteiger partial charge is 0.497 e. The minimum Gasteiger partial charge on any atom is -0.497 e. The summed E-state index contributed by atoms with van der Waals surface area (Å²) in [5.74, 6) is 0.483. The number of rotatable bonds is 3. The van der Waals surface area contributed by atoms with E-state index in [1.165, 1.54) is 7.11 Å². The Morgan fingerprint density at radius 3 is 2.69 bits per heavy atom. The first-order chi connectivity index (χ1) is 7.67. The van der Waals surface area contributed by atoms with Crippen molar-refractivity contribution in [2.45, 2.75) is 19.1 Å². The maximum Gasteiger partial charge on any atom is 0.338 e. The van der Waals surface area contributed by atoms with E-state index in [9.17, 15) is 4.79 Å². The molecular formula is C12H14O4. The van der Waals surface area contributed by atoms with Gasteiger partial charge in [0, 0.05) is 0 Å². The zero-order chi connectivity index (χ0) is 11.7. The van der Waals surface area contributed by atoms with Gasteiger partial charge < -0.3 is 14.2 Å². The van der Waals surface area contributed by atoms with Crippen LogP contribution in [-0.2, 0) is 14.3 Å². The Morgan fingerprint density at radius 1 is 1.38 bits per heavy atom. The standard InChI is InChI=1S/C12H14O4/c1-7-6-8(14-2)4-5-9(7)10-11(16-10)12(13)15-3/h4-6,10-11H,1-3H3. The van der Waals surface area contributed by atoms with Crippen molar-refractivity contribution in [3.63, 3.8) is 0 Å². The summed E-state index contributed by atoms with van der Waals surface area (Å²) in [5, 5.41) is 0. The van der Waals surface area contributed by atoms with Gasteiger partial charge >= 0.3 is 5.97 Å². The minimum atomic E-state index is -0.447. The molecule has 86 valence electrons. The number of ether oxygens (including phenoxy) is 3. The lowest BCUT2D eigenvalue weighted by molar-refractivity contribution is -0.142. The molecule has 2 atom stereocenters. The highest BCUT2D eigenvalue weighted by Gasteiger charge is 2.47. The molecule has 2 unspecified atom stereocenters. The summed E-state index contributed by atoms with van der Waals surface area (Å²) in [4.78, 5) is 11.2. The molecule has 0 spiro atoms. The third kappa shape index (κ3) is 1.88. The van der Waals surface area contributed by atoms with Crippen molar-refractivity contribution in [2.24, 2.45) is 0 Å². The topological polar surface area (TPSA) is 48.1 Å². The lowest BCUT2D eigenvalue weighted by Crippen LogP contribution is -2.09. The monoisotopic (exact) mass is 222 g/mol. The van der Waals surface area contributed by atoms with E-state index in [0.29, 0.717) is 0 Å². The molecule has 0 N–H and O–H groups in total. The average Bonchev–Trinajstić information content (AvgIpc) is 3.07. The van der Waals surface area contributed by atoms with Gasteiger partial charge in [0.05, 0.1) is 14.2 Å². The summed E-state index contributed by atoms with van der Waals surface area (Å²) in [5.41, 5.74) is 2.06. The zero-order valence-electron chi connectivity index (χ0n) is 9.52. The Bertz CT molecular complexity index is 413. The van der Waals surface area contributed by atoms with Crippen molar-refractivity contribution in [3.8, 4) is 5.75 Å². The van der Waals surface area contributed by atoms with Gasteiger partial charge in [0.15, 0.2) is 6.10 Å². The molecule has 16 heavy (non-hydrogen) atoms. The van der Waals surface area contributed by atoms with Gasteiger partial charge in [0.1, 0.15) is 11.9 Å². The first-order valence-electron chi connectivity index (χ1n) is 5.05. The van der Waals surface area contributed by atoms with Crippen molar-refractivity contribution in [1.82, 2.24) is 0 Å². The molecule has 1 heterocycles. The highest BCUT2D eigenvalue weighted by molar-refractivity contribution is 5.78. The van der Waals surface area contributed by atoms with Crippen LogP contribution in [-0.4, -0.2) is 26.3 Å². The fraction of sp³-hybridized carbons (Fsp3) is 0.417. The van der Waals surface area contributed by atoms with Crippen molar-refractivity contribution in [2.75, 3.05) is 14.2 Å². The van der Waals surface area contributed by atoms with Crippen molar-refractivity contribution in [3.05, 3.63) is 29.3 Å². The first kappa shape index (κ1) is 11.0. The van der Waals surface area contributed by atoms with Crippen LogP contribution in [0.4, 0.5) is 0 Å². The van der Waals surface area contributed by atoms with Crippen molar-refractivity contribution >= 4 is 5.97 Å². The van der Waals surface area contributed by atoms with Crippen LogP contribution in [0.25, 0.3) is 0 Å². The van der Waals surface area contributed by atoms with E-state index >= 15 is 0 Å². The Balaban J connectivity index is 2.15. The predicted molar refractivity (Wildman–Crippen MR) is 57.4 cm³/mol. The second-order valence-corrected chi connectivity index (χ2v) is 3.72. The SMILES string of the molecule is COC(=O)C1OC1c1ccc(OC)cc1C. The number of epoxide rings is 1. The van der Waals surface area contributed by atoms with Gasteiger partial charge in [-0.15, -0.1) is 0 Å². The number of aryl methyl sites for hydroxylation is 1. The molecule has 2 rings (SSSR count). The Morgan fingerprint density at radius 2 is 2.12 bits per heavy atom. The lowest BCUT2D eigenvalue weighted by atomic mass is 10.0. The molecule has 0 aliphatic carbocycles. The van der Waals surface area contributed by atoms with E-state index in [2.05, 4.69) is 4.74 Å². The summed E-state index contributed by atoms with van der Waals surface area (Å²) in [6, 6.07) is 5.70. The molecule has 1 aromatic rings. The number of hydrogen-bond acceptors (Lipinski definition) is 4. The molecule has 1 aliphatic rings. The predicted octanol–water partition coefficient (Wildman–Crippen LogP) is 1.62. The third-order valence-electron chi connectivity index (χ3n) is 2.71. The molecular weight excluding hydrogens is 208 g/mol. The second-order valence-electron chi connectivity index (χ2n) is 3.72. The number of benzene rings is 1. The van der Waals surface area contributed by atoms with Crippen LogP contribution in [0.1, 0.15) is 17.2 Å². The second kappa shape index (κ2) is 4.14. The summed E-state index contributed by atoms with van der Waals surface area (Å²) < 4.78 is 15.0. The summed E-state index contributed by atoms with van der Waals surface area (Å²) in [6.45, 7) is 1.97. The van der Waals surface area contributed by atoms with E-state index in [4.69, 9.17) is 9.47 Å². The van der Waals surface area contributed by atoms with Crippen molar-refractivity contribution < 1.29 is 19.0 Å². The van der Waals surface area contributed by atoms with Gasteiger partial charge in [-0.2, -0.15) is 0 Å². The zero-order valence-corrected chi connectivity index (χ0v) is 9.52. The van der Waals surface area contributed by atoms with Gasteiger partial charge in [0.2, 0.25) is 0 Å². The maximum absolute atomic E-state index is 11.2. The van der Waals surface area contributed by atoms with Crippen LogP contribution in [0, 0.1) is 6.92 Å². The van der Waals surface area contributed by atoms with Gasteiger partial charge in [-0.05, 0) is 30.2 Å². The Hall–Kier alpha value is -1.55. The maximum atomic E-state index is 11.2. The Labute approximate surface area is 94.1 Å². The normalized spacial score (nSPS) is 22.7. The number of esters is 1. The summed E-state index contributed by atoms with van der Waals surface area (Å²) >= 11 is 0. The fourth-order valence-electron chi connectivity index (χ4n) is 1.74. The van der Waals surface area contributed by atoms with Crippen LogP contribution < -0.4 is 4.74 Å². The molecule has 4 heteroatoms. The van der Waals surface area contributed by atoms with E-state index in [1.54, 1.807) is 7.11 Å². The van der Waals surface area contributed by atoms with E-state index in [0.717, 1.165) is 16.9 Å². The summed E-state index contributed by atoms with van der Waals surface area (Å²) in [6.07, 6.45) is -0.615. The van der Waals surface area contributed by atoms with E-state index in [-0.39, 0.29) is 12.1 Å². The molecule has 4 nitrogen and oxygen atoms in total. The van der Waals surface area contributed by atoms with Crippen LogP contribution in [0.15, 0.2) is 18.2 Å². The average molecular weight is 222 g/mol. The quantitative estimate of drug-likeness (QED) is 0.576. The van der Waals surface area contributed by atoms with Crippen molar-refractivity contribution in [1.29, 1.82) is 0 Å². The number of methoxy groups -OCH3 is 2. The van der Waals surface area contributed by atoms with E-state index in [1.807, 2.05) is 25.1 Å². The van der Waals surface area contributed by atoms with E-state index < -0.39 is 6.10 Å². The molecule has 1 aliphatic heterocycles. The van der Waals surface area contributed by atoms with Gasteiger partial charge in [-0.1, -0.05) is 6.07 Å². The van der Waals surface area contributed by atoms with Crippen LogP contribution in [0.3, 0.4) is 0 Å². The smallest absolute Gasteiger partial charge is 0.338 e. The molecule has 1 saturated heterocycles. The van der Waals surface area contributed by atoms with Gasteiger partial charge in [-0.25, -0.2) is 4.79 Å². The summed E-state index contributed by atoms with van der Waals surface area (Å²) in [7, 11) is 2.99. The molecule has 0 radical (unpaired) electrons. The van der Waals surface area contributed by atoms with Crippen LogP contribution in [0.5, 0.6) is 5.75 Å². The number of hydrogen-bond donors (Lipinski definition) is 0.